The van der Waals surface area contributed by atoms with Crippen LogP contribution in [0.3, 0.4) is 0 Å². The minimum Gasteiger partial charge on any atom is -0.493 e. The Hall–Kier alpha value is -3.02. The molecule has 6 nitrogen and oxygen atoms in total. The second-order valence-electron chi connectivity index (χ2n) is 5.55. The quantitative estimate of drug-likeness (QED) is 0.553. The maximum absolute atomic E-state index is 11.9. The third-order valence-corrected chi connectivity index (χ3v) is 3.64. The molecule has 0 aromatic heterocycles. The molecular formula is C20H24N2O4. The number of hydrogen-bond donors (Lipinski definition) is 1. The molecule has 26 heavy (non-hydrogen) atoms. The molecule has 0 spiro atoms. The van der Waals surface area contributed by atoms with Crippen LogP contribution >= 0.6 is 0 Å². The Kier molecular flexibility index (Phi) is 7.49. The molecule has 0 radical (unpaired) electrons. The van der Waals surface area contributed by atoms with E-state index in [9.17, 15) is 4.79 Å². The molecule has 0 fully saturated rings. The van der Waals surface area contributed by atoms with E-state index in [4.69, 9.17) is 14.3 Å². The normalized spacial score (nSPS) is 11.8. The van der Waals surface area contributed by atoms with Crippen molar-refractivity contribution < 1.29 is 19.1 Å². The summed E-state index contributed by atoms with van der Waals surface area (Å²) in [6.45, 7) is 4.24. The van der Waals surface area contributed by atoms with E-state index in [0.717, 1.165) is 11.1 Å². The molecule has 1 amide bonds. The third-order valence-electron chi connectivity index (χ3n) is 3.64. The topological polar surface area (TPSA) is 69.2 Å². The van der Waals surface area contributed by atoms with E-state index in [1.165, 1.54) is 6.21 Å². The minimum absolute atomic E-state index is 0.0911. The molecule has 0 bridgehead atoms. The number of oxime groups is 1. The first kappa shape index (κ1) is 19.3. The van der Waals surface area contributed by atoms with Crippen LogP contribution in [0.25, 0.3) is 0 Å². The second-order valence-corrected chi connectivity index (χ2v) is 5.55. The largest absolute Gasteiger partial charge is 0.493 e. The molecule has 6 heteroatoms. The Balaban J connectivity index is 1.82. The van der Waals surface area contributed by atoms with Crippen LogP contribution in [0.15, 0.2) is 53.7 Å². The molecule has 0 aliphatic rings. The van der Waals surface area contributed by atoms with Crippen molar-refractivity contribution in [2.75, 3.05) is 20.3 Å². The van der Waals surface area contributed by atoms with E-state index in [0.29, 0.717) is 18.1 Å². The number of carbonyl (C=O) groups excluding carboxylic acids is 1. The van der Waals surface area contributed by atoms with Crippen LogP contribution in [0, 0.1) is 0 Å². The molecule has 0 aliphatic carbocycles. The Morgan fingerprint density at radius 2 is 1.96 bits per heavy atom. The Bertz CT molecular complexity index is 732. The first-order chi connectivity index (χ1) is 12.6. The maximum Gasteiger partial charge on any atom is 0.261 e. The molecule has 0 saturated carbocycles. The monoisotopic (exact) mass is 356 g/mol. The molecule has 0 unspecified atom stereocenters. The average Bonchev–Trinajstić information content (AvgIpc) is 2.67. The predicted molar refractivity (Wildman–Crippen MR) is 101 cm³/mol. The number of ether oxygens (including phenoxy) is 2. The fraction of sp³-hybridized carbons (Fsp3) is 0.300. The van der Waals surface area contributed by atoms with Crippen LogP contribution in [0.4, 0.5) is 0 Å². The van der Waals surface area contributed by atoms with E-state index in [-0.39, 0.29) is 18.6 Å². The zero-order chi connectivity index (χ0) is 18.8. The summed E-state index contributed by atoms with van der Waals surface area (Å²) in [6.07, 6.45) is 1.52. The molecule has 2 aromatic carbocycles. The molecule has 2 rings (SSSR count). The SMILES string of the molecule is CCOc1ccc(/C=N\OCC(=O)N[C@@H](C)c2ccccc2)cc1OC. The van der Waals surface area contributed by atoms with Crippen LogP contribution in [0.2, 0.25) is 0 Å². The molecule has 2 aromatic rings. The fourth-order valence-electron chi connectivity index (χ4n) is 2.34. The van der Waals surface area contributed by atoms with Gasteiger partial charge < -0.3 is 19.6 Å². The van der Waals surface area contributed by atoms with Gasteiger partial charge in [-0.05, 0) is 37.6 Å². The molecule has 0 saturated heterocycles. The smallest absolute Gasteiger partial charge is 0.261 e. The molecule has 1 atom stereocenters. The van der Waals surface area contributed by atoms with Gasteiger partial charge in [0.05, 0.1) is 26.0 Å². The van der Waals surface area contributed by atoms with Crippen molar-refractivity contribution in [1.29, 1.82) is 0 Å². The summed E-state index contributed by atoms with van der Waals surface area (Å²) in [7, 11) is 1.58. The fourth-order valence-corrected chi connectivity index (χ4v) is 2.34. The van der Waals surface area contributed by atoms with Gasteiger partial charge in [0.1, 0.15) is 0 Å². The number of methoxy groups -OCH3 is 1. The highest BCUT2D eigenvalue weighted by molar-refractivity contribution is 5.81. The van der Waals surface area contributed by atoms with Gasteiger partial charge in [0.2, 0.25) is 0 Å². The Morgan fingerprint density at radius 1 is 1.19 bits per heavy atom. The number of amides is 1. The lowest BCUT2D eigenvalue weighted by Gasteiger charge is -2.13. The van der Waals surface area contributed by atoms with Crippen LogP contribution in [-0.2, 0) is 9.63 Å². The third kappa shape index (κ3) is 5.81. The highest BCUT2D eigenvalue weighted by atomic mass is 16.6. The zero-order valence-electron chi connectivity index (χ0n) is 15.3. The highest BCUT2D eigenvalue weighted by Gasteiger charge is 2.09. The van der Waals surface area contributed by atoms with Crippen molar-refractivity contribution in [2.45, 2.75) is 19.9 Å². The number of benzene rings is 2. The summed E-state index contributed by atoms with van der Waals surface area (Å²) >= 11 is 0. The lowest BCUT2D eigenvalue weighted by Crippen LogP contribution is -2.29. The number of carbonyl (C=O) groups is 1. The van der Waals surface area contributed by atoms with Crippen molar-refractivity contribution in [3.8, 4) is 11.5 Å². The van der Waals surface area contributed by atoms with E-state index >= 15 is 0 Å². The van der Waals surface area contributed by atoms with E-state index in [1.54, 1.807) is 19.2 Å². The van der Waals surface area contributed by atoms with Crippen LogP contribution in [0.5, 0.6) is 11.5 Å². The van der Waals surface area contributed by atoms with Gasteiger partial charge in [-0.3, -0.25) is 4.79 Å². The molecule has 0 aliphatic heterocycles. The Labute approximate surface area is 153 Å². The van der Waals surface area contributed by atoms with Gasteiger partial charge in [0.15, 0.2) is 18.1 Å². The van der Waals surface area contributed by atoms with Gasteiger partial charge in [0, 0.05) is 5.56 Å². The lowest BCUT2D eigenvalue weighted by atomic mass is 10.1. The van der Waals surface area contributed by atoms with Crippen molar-refractivity contribution in [2.24, 2.45) is 5.16 Å². The number of nitrogens with one attached hydrogen (secondary N) is 1. The van der Waals surface area contributed by atoms with Gasteiger partial charge in [-0.25, -0.2) is 0 Å². The van der Waals surface area contributed by atoms with Crippen molar-refractivity contribution >= 4 is 12.1 Å². The van der Waals surface area contributed by atoms with Gasteiger partial charge in [-0.2, -0.15) is 0 Å². The number of rotatable bonds is 9. The van der Waals surface area contributed by atoms with Gasteiger partial charge >= 0.3 is 0 Å². The van der Waals surface area contributed by atoms with E-state index in [2.05, 4.69) is 10.5 Å². The van der Waals surface area contributed by atoms with E-state index in [1.807, 2.05) is 50.2 Å². The summed E-state index contributed by atoms with van der Waals surface area (Å²) in [6, 6.07) is 15.1. The first-order valence-electron chi connectivity index (χ1n) is 8.44. The van der Waals surface area contributed by atoms with Crippen molar-refractivity contribution in [3.63, 3.8) is 0 Å². The number of hydrogen-bond acceptors (Lipinski definition) is 5. The molecule has 1 N–H and O–H groups in total. The number of nitrogens with zero attached hydrogens (tertiary/aromatic N) is 1. The predicted octanol–water partition coefficient (Wildman–Crippen LogP) is 3.32. The van der Waals surface area contributed by atoms with Gasteiger partial charge in [-0.15, -0.1) is 0 Å². The highest BCUT2D eigenvalue weighted by Crippen LogP contribution is 2.27. The van der Waals surface area contributed by atoms with E-state index < -0.39 is 0 Å². The molecule has 0 heterocycles. The minimum atomic E-state index is -0.234. The summed E-state index contributed by atoms with van der Waals surface area (Å²) in [5.41, 5.74) is 1.81. The average molecular weight is 356 g/mol. The van der Waals surface area contributed by atoms with Crippen molar-refractivity contribution in [3.05, 3.63) is 59.7 Å². The Morgan fingerprint density at radius 3 is 2.65 bits per heavy atom. The summed E-state index contributed by atoms with van der Waals surface area (Å²) in [4.78, 5) is 17.0. The summed E-state index contributed by atoms with van der Waals surface area (Å²) in [5, 5.41) is 6.69. The molecule has 138 valence electrons. The molecular weight excluding hydrogens is 332 g/mol. The van der Waals surface area contributed by atoms with Crippen molar-refractivity contribution in [1.82, 2.24) is 5.32 Å². The zero-order valence-corrected chi connectivity index (χ0v) is 15.3. The first-order valence-corrected chi connectivity index (χ1v) is 8.44. The maximum atomic E-state index is 11.9. The van der Waals surface area contributed by atoms with Crippen LogP contribution in [-0.4, -0.2) is 32.4 Å². The van der Waals surface area contributed by atoms with Gasteiger partial charge in [0.25, 0.3) is 5.91 Å². The second kappa shape index (κ2) is 10.1. The van der Waals surface area contributed by atoms with Crippen LogP contribution in [0.1, 0.15) is 31.0 Å². The summed E-state index contributed by atoms with van der Waals surface area (Å²) in [5.74, 6) is 1.05. The summed E-state index contributed by atoms with van der Waals surface area (Å²) < 4.78 is 10.7. The standard InChI is InChI=1S/C20H24N2O4/c1-4-25-18-11-10-16(12-19(18)24-3)13-21-26-14-20(23)22-15(2)17-8-6-5-7-9-17/h5-13,15H,4,14H2,1-3H3,(H,22,23)/b21-13-/t15-/m0/s1. The van der Waals surface area contributed by atoms with Crippen LogP contribution < -0.4 is 14.8 Å². The van der Waals surface area contributed by atoms with Gasteiger partial charge in [-0.1, -0.05) is 35.5 Å². The lowest BCUT2D eigenvalue weighted by molar-refractivity contribution is -0.126.